The Morgan fingerprint density at radius 3 is 1.12 bits per heavy atom. The van der Waals surface area contributed by atoms with Gasteiger partial charge in [-0.3, -0.25) is 37.2 Å². The van der Waals surface area contributed by atoms with Crippen LogP contribution in [0.4, 0.5) is 0 Å². The van der Waals surface area contributed by atoms with Crippen molar-refractivity contribution in [2.75, 3.05) is 33.2 Å². The predicted octanol–water partition coefficient (Wildman–Crippen LogP) is -1.68. The zero-order valence-corrected chi connectivity index (χ0v) is 31.0. The average Bonchev–Trinajstić information content (AvgIpc) is 3.84. The zero-order chi connectivity index (χ0) is 33.4. The van der Waals surface area contributed by atoms with E-state index in [0.717, 1.165) is 49.9 Å². The van der Waals surface area contributed by atoms with Gasteiger partial charge in [-0.15, -0.1) is 0 Å². The average molecular weight is 684 g/mol. The quantitative estimate of drug-likeness (QED) is 0.166. The second-order valence-electron chi connectivity index (χ2n) is 18.2. The van der Waals surface area contributed by atoms with Gasteiger partial charge in [0, 0.05) is 41.8 Å². The third-order valence-corrected chi connectivity index (χ3v) is 15.8. The van der Waals surface area contributed by atoms with Crippen molar-refractivity contribution in [2.45, 2.75) is 153 Å². The standard InChI is InChI=1S/C37H70N12/c1-6-18-10-22-26(38-14-18)33-42-30(22)43-34-27-24(12-20(8-3)15-39-27)32(46-34)47-37-29-25(13-21(9-4)17-41-29)36(49(37)5)48-35-28-23(31(44-33)45-35)11-19(7-2)16-40-28/h18-48H,6-17H2,1-5H3/p+1. The van der Waals surface area contributed by atoms with E-state index < -0.39 is 0 Å². The fourth-order valence-corrected chi connectivity index (χ4v) is 12.7. The summed E-state index contributed by atoms with van der Waals surface area (Å²) in [5.74, 6) is 5.25. The van der Waals surface area contributed by atoms with E-state index in [1.165, 1.54) is 51.4 Å². The molecule has 9 saturated heterocycles. The van der Waals surface area contributed by atoms with Gasteiger partial charge in [-0.2, -0.15) is 0 Å². The molecule has 0 amide bonds. The highest BCUT2D eigenvalue weighted by atomic mass is 15.5. The van der Waals surface area contributed by atoms with Crippen molar-refractivity contribution in [3.05, 3.63) is 0 Å². The van der Waals surface area contributed by atoms with Crippen LogP contribution >= 0.6 is 0 Å². The lowest BCUT2D eigenvalue weighted by molar-refractivity contribution is -0.926. The molecule has 9 aliphatic rings. The van der Waals surface area contributed by atoms with Crippen LogP contribution in [0.15, 0.2) is 0 Å². The number of rotatable bonds is 4. The van der Waals surface area contributed by atoms with Crippen LogP contribution in [0, 0.1) is 47.3 Å². The minimum Gasteiger partial charge on any atom is -0.311 e. The Labute approximate surface area is 296 Å². The molecular weight excluding hydrogens is 612 g/mol. The van der Waals surface area contributed by atoms with Crippen molar-refractivity contribution in [3.63, 3.8) is 0 Å². The molecule has 49 heavy (non-hydrogen) atoms. The van der Waals surface area contributed by atoms with Crippen molar-refractivity contribution >= 4 is 0 Å². The number of hydrogen-bond acceptors (Lipinski definition) is 11. The van der Waals surface area contributed by atoms with E-state index in [2.05, 4.69) is 93.2 Å². The van der Waals surface area contributed by atoms with E-state index in [1.54, 1.807) is 4.90 Å². The van der Waals surface area contributed by atoms with Crippen LogP contribution in [-0.4, -0.2) is 107 Å². The van der Waals surface area contributed by atoms with Crippen molar-refractivity contribution in [3.8, 4) is 0 Å². The van der Waals surface area contributed by atoms with Gasteiger partial charge in [0.2, 0.25) is 0 Å². The fraction of sp³-hybridized carbons (Fsp3) is 1.00. The van der Waals surface area contributed by atoms with E-state index >= 15 is 0 Å². The Morgan fingerprint density at radius 2 is 0.714 bits per heavy atom. The second-order valence-corrected chi connectivity index (χ2v) is 18.2. The van der Waals surface area contributed by atoms with E-state index in [0.29, 0.717) is 60.2 Å². The molecule has 0 saturated carbocycles. The molecule has 278 valence electrons. The Balaban J connectivity index is 1.07. The third-order valence-electron chi connectivity index (χ3n) is 15.8. The summed E-state index contributed by atoms with van der Waals surface area (Å²) in [5, 5.41) is 46.3. The molecule has 0 aromatic carbocycles. The van der Waals surface area contributed by atoms with Gasteiger partial charge in [-0.25, -0.2) is 0 Å². The topological polar surface area (TPSA) is 137 Å². The highest BCUT2D eigenvalue weighted by Gasteiger charge is 2.59. The second kappa shape index (κ2) is 14.1. The van der Waals surface area contributed by atoms with Crippen LogP contribution in [0.25, 0.3) is 0 Å². The van der Waals surface area contributed by atoms with Crippen LogP contribution in [0.3, 0.4) is 0 Å². The molecule has 12 heteroatoms. The Hall–Kier alpha value is -0.480. The molecule has 21 unspecified atom stereocenters. The van der Waals surface area contributed by atoms with Crippen LogP contribution in [0.5, 0.6) is 0 Å². The minimum absolute atomic E-state index is 0.225. The summed E-state index contributed by atoms with van der Waals surface area (Å²) in [6.45, 7) is 14.1. The smallest absolute Gasteiger partial charge is 0.159 e. The number of quaternary nitrogens is 1. The zero-order valence-electron chi connectivity index (χ0n) is 31.0. The van der Waals surface area contributed by atoms with Crippen molar-refractivity contribution < 1.29 is 4.90 Å². The van der Waals surface area contributed by atoms with Gasteiger partial charge in [-0.1, -0.05) is 53.4 Å². The van der Waals surface area contributed by atoms with Crippen molar-refractivity contribution in [2.24, 2.45) is 47.3 Å². The van der Waals surface area contributed by atoms with Crippen LogP contribution < -0.4 is 63.4 Å². The third kappa shape index (κ3) is 6.06. The van der Waals surface area contributed by atoms with Gasteiger partial charge in [0.15, 0.2) is 6.17 Å². The Morgan fingerprint density at radius 1 is 0.388 bits per heavy atom. The molecule has 0 spiro atoms. The number of piperidine rings is 4. The molecule has 0 aromatic heterocycles. The maximum absolute atomic E-state index is 4.36. The van der Waals surface area contributed by atoms with E-state index in [9.17, 15) is 0 Å². The van der Waals surface area contributed by atoms with E-state index in [-0.39, 0.29) is 37.0 Å². The summed E-state index contributed by atoms with van der Waals surface area (Å²) in [6.07, 6.45) is 12.4. The maximum Gasteiger partial charge on any atom is 0.159 e. The van der Waals surface area contributed by atoms with Crippen LogP contribution in [-0.2, 0) is 0 Å². The van der Waals surface area contributed by atoms with Gasteiger partial charge in [-0.05, 0) is 75.5 Å². The van der Waals surface area contributed by atoms with Gasteiger partial charge in [0.1, 0.15) is 6.17 Å². The molecular formula is C37H71N12+. The normalized spacial score (nSPS) is 56.9. The molecule has 12 N–H and O–H groups in total. The molecule has 0 aromatic rings. The summed E-state index contributed by atoms with van der Waals surface area (Å²) in [7, 11) is 2.48. The first-order chi connectivity index (χ1) is 24.0. The summed E-state index contributed by atoms with van der Waals surface area (Å²) >= 11 is 0. The summed E-state index contributed by atoms with van der Waals surface area (Å²) in [5.41, 5.74) is 0. The van der Waals surface area contributed by atoms with Crippen molar-refractivity contribution in [1.29, 1.82) is 0 Å². The summed E-state index contributed by atoms with van der Waals surface area (Å²) in [6, 6.07) is 1.74. The number of likely N-dealkylation sites (N-methyl/N-ethyl adjacent to an activating group) is 1. The lowest BCUT2D eigenvalue weighted by Crippen LogP contribution is -3.19. The number of fused-ring (bicyclic) bond motifs is 20. The first kappa shape index (κ1) is 34.3. The summed E-state index contributed by atoms with van der Waals surface area (Å²) < 4.78 is 0. The van der Waals surface area contributed by atoms with Crippen LogP contribution in [0.1, 0.15) is 79.1 Å². The number of hydrogen-bond donors (Lipinski definition) is 12. The molecule has 8 bridgehead atoms. The van der Waals surface area contributed by atoms with Gasteiger partial charge >= 0.3 is 0 Å². The predicted molar refractivity (Wildman–Crippen MR) is 194 cm³/mol. The van der Waals surface area contributed by atoms with Crippen molar-refractivity contribution in [1.82, 2.24) is 58.5 Å². The fourth-order valence-electron chi connectivity index (χ4n) is 12.7. The molecule has 0 aliphatic carbocycles. The van der Waals surface area contributed by atoms with E-state index in [4.69, 9.17) is 0 Å². The van der Waals surface area contributed by atoms with Gasteiger partial charge in [0.25, 0.3) is 0 Å². The first-order valence-electron chi connectivity index (χ1n) is 21.0. The lowest BCUT2D eigenvalue weighted by atomic mass is 9.81. The van der Waals surface area contributed by atoms with E-state index in [1.807, 2.05) is 0 Å². The maximum atomic E-state index is 4.36. The first-order valence-corrected chi connectivity index (χ1v) is 21.0. The Kier molecular flexibility index (Phi) is 9.84. The highest BCUT2D eigenvalue weighted by Crippen LogP contribution is 2.38. The minimum atomic E-state index is 0.225. The molecule has 0 radical (unpaired) electrons. The van der Waals surface area contributed by atoms with Gasteiger partial charge < -0.3 is 26.2 Å². The summed E-state index contributed by atoms with van der Waals surface area (Å²) in [4.78, 5) is 1.61. The lowest BCUT2D eigenvalue weighted by Gasteiger charge is -2.39. The largest absolute Gasteiger partial charge is 0.311 e. The highest BCUT2D eigenvalue weighted by molar-refractivity contribution is 5.12. The molecule has 12 nitrogen and oxygen atoms in total. The number of nitrogens with one attached hydrogen (secondary N) is 12. The monoisotopic (exact) mass is 684 g/mol. The van der Waals surface area contributed by atoms with Crippen LogP contribution in [0.2, 0.25) is 0 Å². The molecule has 21 atom stereocenters. The Bertz CT molecular complexity index is 1140. The molecule has 9 aliphatic heterocycles. The molecule has 9 heterocycles. The van der Waals surface area contributed by atoms with Gasteiger partial charge in [0.05, 0.1) is 50.1 Å². The SMILES string of the molecule is CCC1CNC2C3NC(NC4NC(NC5C6NCC(CC)CC6C(NC6NC(N3)C3CC(CC)CNC63)[NH+]5C)C3CC(CC)CNC43)C2C1. The molecule has 9 rings (SSSR count). The molecule has 9 fully saturated rings.